The molecule has 98 valence electrons. The summed E-state index contributed by atoms with van der Waals surface area (Å²) in [5.41, 5.74) is 0. The predicted molar refractivity (Wildman–Crippen MR) is 68.9 cm³/mol. The van der Waals surface area contributed by atoms with Crippen LogP contribution in [0.4, 0.5) is 0 Å². The van der Waals surface area contributed by atoms with Crippen molar-refractivity contribution in [2.45, 2.75) is 45.2 Å². The summed E-state index contributed by atoms with van der Waals surface area (Å²) in [6, 6.07) is 0.554. The lowest BCUT2D eigenvalue weighted by atomic mass is 10.1. The Labute approximate surface area is 104 Å². The maximum atomic E-state index is 12.4. The quantitative estimate of drug-likeness (QED) is 0.770. The van der Waals surface area contributed by atoms with E-state index in [4.69, 9.17) is 0 Å². The Bertz CT molecular complexity index is 263. The molecular formula is C13H25N3O. The molecule has 0 aromatic heterocycles. The SMILES string of the molecule is CC(C(=O)N1CCCCC1)N1CCN[C@H](C)C1. The van der Waals surface area contributed by atoms with E-state index in [0.29, 0.717) is 11.9 Å². The zero-order valence-electron chi connectivity index (χ0n) is 11.1. The lowest BCUT2D eigenvalue weighted by Gasteiger charge is -2.38. The number of amides is 1. The van der Waals surface area contributed by atoms with E-state index in [9.17, 15) is 4.79 Å². The highest BCUT2D eigenvalue weighted by molar-refractivity contribution is 5.81. The maximum Gasteiger partial charge on any atom is 0.239 e. The highest BCUT2D eigenvalue weighted by atomic mass is 16.2. The summed E-state index contributed by atoms with van der Waals surface area (Å²) in [5, 5.41) is 3.42. The Morgan fingerprint density at radius 2 is 1.94 bits per heavy atom. The van der Waals surface area contributed by atoms with Crippen molar-refractivity contribution in [3.8, 4) is 0 Å². The molecule has 2 atom stereocenters. The first-order valence-electron chi connectivity index (χ1n) is 6.94. The van der Waals surface area contributed by atoms with Crippen molar-refractivity contribution in [2.24, 2.45) is 0 Å². The van der Waals surface area contributed by atoms with Crippen LogP contribution in [0.5, 0.6) is 0 Å². The van der Waals surface area contributed by atoms with Gasteiger partial charge in [-0.2, -0.15) is 0 Å². The van der Waals surface area contributed by atoms with Gasteiger partial charge in [0, 0.05) is 38.8 Å². The first kappa shape index (κ1) is 12.8. The summed E-state index contributed by atoms with van der Waals surface area (Å²) in [5.74, 6) is 0.332. The molecular weight excluding hydrogens is 214 g/mol. The van der Waals surface area contributed by atoms with Crippen molar-refractivity contribution < 1.29 is 4.79 Å². The minimum Gasteiger partial charge on any atom is -0.341 e. The molecule has 4 nitrogen and oxygen atoms in total. The largest absolute Gasteiger partial charge is 0.341 e. The van der Waals surface area contributed by atoms with E-state index in [1.807, 2.05) is 0 Å². The number of nitrogens with one attached hydrogen (secondary N) is 1. The molecule has 0 aromatic carbocycles. The minimum atomic E-state index is 0.0534. The van der Waals surface area contributed by atoms with Crippen molar-refractivity contribution in [3.63, 3.8) is 0 Å². The van der Waals surface area contributed by atoms with Crippen molar-refractivity contribution >= 4 is 5.91 Å². The number of piperidine rings is 1. The van der Waals surface area contributed by atoms with Gasteiger partial charge in [-0.3, -0.25) is 9.69 Å². The zero-order chi connectivity index (χ0) is 12.3. The second-order valence-electron chi connectivity index (χ2n) is 5.41. The van der Waals surface area contributed by atoms with Gasteiger partial charge < -0.3 is 10.2 Å². The summed E-state index contributed by atoms with van der Waals surface area (Å²) >= 11 is 0. The van der Waals surface area contributed by atoms with Crippen molar-refractivity contribution in [1.82, 2.24) is 15.1 Å². The van der Waals surface area contributed by atoms with E-state index in [0.717, 1.165) is 32.7 Å². The van der Waals surface area contributed by atoms with Gasteiger partial charge in [0.15, 0.2) is 0 Å². The Morgan fingerprint density at radius 1 is 1.24 bits per heavy atom. The third kappa shape index (κ3) is 3.19. The normalized spacial score (nSPS) is 29.1. The van der Waals surface area contributed by atoms with Gasteiger partial charge in [0.05, 0.1) is 6.04 Å². The molecule has 2 aliphatic rings. The van der Waals surface area contributed by atoms with Gasteiger partial charge in [-0.15, -0.1) is 0 Å². The highest BCUT2D eigenvalue weighted by Crippen LogP contribution is 2.13. The van der Waals surface area contributed by atoms with Crippen molar-refractivity contribution in [3.05, 3.63) is 0 Å². The fourth-order valence-electron chi connectivity index (χ4n) is 2.85. The molecule has 2 saturated heterocycles. The molecule has 17 heavy (non-hydrogen) atoms. The lowest BCUT2D eigenvalue weighted by Crippen LogP contribution is -2.56. The molecule has 0 aromatic rings. The van der Waals surface area contributed by atoms with Gasteiger partial charge >= 0.3 is 0 Å². The van der Waals surface area contributed by atoms with Gasteiger partial charge in [0.1, 0.15) is 0 Å². The fourth-order valence-corrected chi connectivity index (χ4v) is 2.85. The smallest absolute Gasteiger partial charge is 0.239 e. The Morgan fingerprint density at radius 3 is 2.59 bits per heavy atom. The van der Waals surface area contributed by atoms with E-state index in [1.165, 1.54) is 19.3 Å². The van der Waals surface area contributed by atoms with Gasteiger partial charge in [-0.25, -0.2) is 0 Å². The summed E-state index contributed by atoms with van der Waals surface area (Å²) in [6.07, 6.45) is 3.63. The van der Waals surface area contributed by atoms with Gasteiger partial charge in [0.2, 0.25) is 5.91 Å². The third-order valence-corrected chi connectivity index (χ3v) is 3.97. The average Bonchev–Trinajstić information content (AvgIpc) is 2.38. The van der Waals surface area contributed by atoms with Gasteiger partial charge in [0.25, 0.3) is 0 Å². The van der Waals surface area contributed by atoms with E-state index >= 15 is 0 Å². The lowest BCUT2D eigenvalue weighted by molar-refractivity contribution is -0.137. The fraction of sp³-hybridized carbons (Fsp3) is 0.923. The Hall–Kier alpha value is -0.610. The second kappa shape index (κ2) is 5.83. The van der Waals surface area contributed by atoms with Crippen LogP contribution < -0.4 is 5.32 Å². The van der Waals surface area contributed by atoms with Gasteiger partial charge in [-0.05, 0) is 33.1 Å². The number of hydrogen-bond acceptors (Lipinski definition) is 3. The molecule has 2 heterocycles. The first-order chi connectivity index (χ1) is 8.18. The maximum absolute atomic E-state index is 12.4. The number of hydrogen-bond donors (Lipinski definition) is 1. The third-order valence-electron chi connectivity index (χ3n) is 3.97. The molecule has 2 aliphatic heterocycles. The van der Waals surface area contributed by atoms with Crippen LogP contribution in [0.3, 0.4) is 0 Å². The average molecular weight is 239 g/mol. The number of piperazine rings is 1. The van der Waals surface area contributed by atoms with Crippen LogP contribution in [0, 0.1) is 0 Å². The molecule has 2 rings (SSSR count). The van der Waals surface area contributed by atoms with Crippen LogP contribution in [0.15, 0.2) is 0 Å². The topological polar surface area (TPSA) is 35.6 Å². The molecule has 0 radical (unpaired) electrons. The molecule has 1 unspecified atom stereocenters. The molecule has 0 spiro atoms. The number of carbonyl (C=O) groups excluding carboxylic acids is 1. The monoisotopic (exact) mass is 239 g/mol. The molecule has 0 saturated carbocycles. The van der Waals surface area contributed by atoms with Crippen LogP contribution >= 0.6 is 0 Å². The molecule has 1 N–H and O–H groups in total. The predicted octanol–water partition coefficient (Wildman–Crippen LogP) is 0.681. The zero-order valence-corrected chi connectivity index (χ0v) is 11.1. The van der Waals surface area contributed by atoms with Crippen molar-refractivity contribution in [2.75, 3.05) is 32.7 Å². The second-order valence-corrected chi connectivity index (χ2v) is 5.41. The highest BCUT2D eigenvalue weighted by Gasteiger charge is 2.29. The van der Waals surface area contributed by atoms with Gasteiger partial charge in [-0.1, -0.05) is 0 Å². The number of carbonyl (C=O) groups is 1. The number of rotatable bonds is 2. The Kier molecular flexibility index (Phi) is 4.40. The summed E-state index contributed by atoms with van der Waals surface area (Å²) in [7, 11) is 0. The molecule has 1 amide bonds. The van der Waals surface area contributed by atoms with E-state index < -0.39 is 0 Å². The summed E-state index contributed by atoms with van der Waals surface area (Å²) in [6.45, 7) is 9.15. The summed E-state index contributed by atoms with van der Waals surface area (Å²) in [4.78, 5) is 16.7. The molecule has 4 heteroatoms. The minimum absolute atomic E-state index is 0.0534. The van der Waals surface area contributed by atoms with Crippen LogP contribution in [-0.4, -0.2) is 60.5 Å². The van der Waals surface area contributed by atoms with Crippen LogP contribution in [-0.2, 0) is 4.79 Å². The van der Waals surface area contributed by atoms with Crippen LogP contribution in [0.2, 0.25) is 0 Å². The molecule has 0 bridgehead atoms. The van der Waals surface area contributed by atoms with E-state index in [1.54, 1.807) is 0 Å². The van der Waals surface area contributed by atoms with Crippen LogP contribution in [0.1, 0.15) is 33.1 Å². The van der Waals surface area contributed by atoms with E-state index in [-0.39, 0.29) is 6.04 Å². The number of likely N-dealkylation sites (tertiary alicyclic amines) is 1. The standard InChI is InChI=1S/C13H25N3O/c1-11-10-16(9-6-14-11)12(2)13(17)15-7-4-3-5-8-15/h11-12,14H,3-10H2,1-2H3/t11-,12?/m1/s1. The summed E-state index contributed by atoms with van der Waals surface area (Å²) < 4.78 is 0. The van der Waals surface area contributed by atoms with Crippen molar-refractivity contribution in [1.29, 1.82) is 0 Å². The first-order valence-corrected chi connectivity index (χ1v) is 6.94. The Balaban J connectivity index is 1.89. The molecule has 2 fully saturated rings. The van der Waals surface area contributed by atoms with Crippen LogP contribution in [0.25, 0.3) is 0 Å². The van der Waals surface area contributed by atoms with E-state index in [2.05, 4.69) is 29.0 Å². The molecule has 0 aliphatic carbocycles. The number of nitrogens with zero attached hydrogens (tertiary/aromatic N) is 2.